The summed E-state index contributed by atoms with van der Waals surface area (Å²) in [6, 6.07) is 5.28. The second-order valence-corrected chi connectivity index (χ2v) is 7.03. The number of benzene rings is 1. The summed E-state index contributed by atoms with van der Waals surface area (Å²) in [6.45, 7) is 8.85. The molecule has 0 spiro atoms. The molecule has 120 valence electrons. The van der Waals surface area contributed by atoms with Crippen LogP contribution < -0.4 is 5.32 Å². The molecule has 2 aromatic rings. The Labute approximate surface area is 131 Å². The SMILES string of the molecule is CC(C)CC(C)(C)C(=O)NCCc1c[nH]c2ccc(O)cc12. The van der Waals surface area contributed by atoms with Gasteiger partial charge in [0, 0.05) is 29.1 Å². The van der Waals surface area contributed by atoms with E-state index < -0.39 is 0 Å². The average Bonchev–Trinajstić information content (AvgIpc) is 2.79. The maximum Gasteiger partial charge on any atom is 0.225 e. The van der Waals surface area contributed by atoms with Crippen molar-refractivity contribution in [2.45, 2.75) is 40.5 Å². The first-order chi connectivity index (χ1) is 10.3. The van der Waals surface area contributed by atoms with Crippen molar-refractivity contribution in [3.05, 3.63) is 30.0 Å². The van der Waals surface area contributed by atoms with E-state index in [1.165, 1.54) is 0 Å². The molecule has 0 saturated carbocycles. The van der Waals surface area contributed by atoms with Gasteiger partial charge in [-0.1, -0.05) is 27.7 Å². The van der Waals surface area contributed by atoms with Crippen molar-refractivity contribution in [1.29, 1.82) is 0 Å². The molecule has 3 N–H and O–H groups in total. The Kier molecular flexibility index (Phi) is 4.79. The van der Waals surface area contributed by atoms with E-state index in [2.05, 4.69) is 24.1 Å². The van der Waals surface area contributed by atoms with Gasteiger partial charge in [-0.25, -0.2) is 0 Å². The first-order valence-corrected chi connectivity index (χ1v) is 7.87. The van der Waals surface area contributed by atoms with Gasteiger partial charge < -0.3 is 15.4 Å². The van der Waals surface area contributed by atoms with E-state index in [0.717, 1.165) is 29.3 Å². The maximum atomic E-state index is 12.3. The largest absolute Gasteiger partial charge is 0.508 e. The number of aromatic hydroxyl groups is 1. The summed E-state index contributed by atoms with van der Waals surface area (Å²) in [4.78, 5) is 15.5. The number of rotatable bonds is 6. The van der Waals surface area contributed by atoms with Gasteiger partial charge in [-0.15, -0.1) is 0 Å². The molecule has 4 heteroatoms. The highest BCUT2D eigenvalue weighted by Gasteiger charge is 2.27. The van der Waals surface area contributed by atoms with Gasteiger partial charge in [0.15, 0.2) is 0 Å². The Balaban J connectivity index is 1.95. The van der Waals surface area contributed by atoms with Gasteiger partial charge in [-0.3, -0.25) is 4.79 Å². The molecule has 0 radical (unpaired) electrons. The van der Waals surface area contributed by atoms with E-state index >= 15 is 0 Å². The summed E-state index contributed by atoms with van der Waals surface area (Å²) in [7, 11) is 0. The summed E-state index contributed by atoms with van der Waals surface area (Å²) in [5, 5.41) is 13.6. The number of fused-ring (bicyclic) bond motifs is 1. The predicted molar refractivity (Wildman–Crippen MR) is 89.9 cm³/mol. The molecule has 1 amide bonds. The van der Waals surface area contributed by atoms with Crippen LogP contribution in [0.15, 0.2) is 24.4 Å². The van der Waals surface area contributed by atoms with Gasteiger partial charge in [0.25, 0.3) is 0 Å². The number of aromatic nitrogens is 1. The number of amides is 1. The van der Waals surface area contributed by atoms with Gasteiger partial charge in [0.1, 0.15) is 5.75 Å². The highest BCUT2D eigenvalue weighted by Crippen LogP contribution is 2.26. The molecule has 2 rings (SSSR count). The molecule has 0 bridgehead atoms. The lowest BCUT2D eigenvalue weighted by Gasteiger charge is -2.25. The fourth-order valence-electron chi connectivity index (χ4n) is 3.04. The van der Waals surface area contributed by atoms with Gasteiger partial charge in [-0.05, 0) is 42.5 Å². The molecular weight excluding hydrogens is 276 g/mol. The molecule has 22 heavy (non-hydrogen) atoms. The summed E-state index contributed by atoms with van der Waals surface area (Å²) < 4.78 is 0. The zero-order valence-electron chi connectivity index (χ0n) is 13.9. The van der Waals surface area contributed by atoms with Crippen molar-refractivity contribution in [3.63, 3.8) is 0 Å². The summed E-state index contributed by atoms with van der Waals surface area (Å²) in [5.41, 5.74) is 1.76. The van der Waals surface area contributed by atoms with Crippen LogP contribution in [0, 0.1) is 11.3 Å². The molecule has 1 heterocycles. The zero-order valence-corrected chi connectivity index (χ0v) is 13.9. The van der Waals surface area contributed by atoms with Gasteiger partial charge in [0.2, 0.25) is 5.91 Å². The second-order valence-electron chi connectivity index (χ2n) is 7.03. The normalized spacial score (nSPS) is 12.0. The van der Waals surface area contributed by atoms with Crippen LogP contribution in [0.5, 0.6) is 5.75 Å². The zero-order chi connectivity index (χ0) is 16.3. The van der Waals surface area contributed by atoms with Gasteiger partial charge >= 0.3 is 0 Å². The number of phenolic OH excluding ortho intramolecular Hbond substituents is 1. The Morgan fingerprint density at radius 3 is 2.77 bits per heavy atom. The number of carbonyl (C=O) groups excluding carboxylic acids is 1. The molecule has 4 nitrogen and oxygen atoms in total. The minimum Gasteiger partial charge on any atom is -0.508 e. The van der Waals surface area contributed by atoms with Gasteiger partial charge in [-0.2, -0.15) is 0 Å². The average molecular weight is 302 g/mol. The Hall–Kier alpha value is -1.97. The fourth-order valence-corrected chi connectivity index (χ4v) is 3.04. The monoisotopic (exact) mass is 302 g/mol. The Morgan fingerprint density at radius 2 is 2.09 bits per heavy atom. The molecule has 1 aromatic heterocycles. The Morgan fingerprint density at radius 1 is 1.36 bits per heavy atom. The van der Waals surface area contributed by atoms with Crippen LogP contribution in [0.1, 0.15) is 39.7 Å². The third-order valence-electron chi connectivity index (χ3n) is 3.96. The number of carbonyl (C=O) groups is 1. The minimum absolute atomic E-state index is 0.101. The first kappa shape index (κ1) is 16.4. The second kappa shape index (κ2) is 6.42. The third kappa shape index (κ3) is 3.81. The molecular formula is C18H26N2O2. The van der Waals surface area contributed by atoms with Crippen molar-refractivity contribution in [3.8, 4) is 5.75 Å². The topological polar surface area (TPSA) is 65.1 Å². The number of aromatic amines is 1. The third-order valence-corrected chi connectivity index (χ3v) is 3.96. The first-order valence-electron chi connectivity index (χ1n) is 7.87. The van der Waals surface area contributed by atoms with E-state index in [1.54, 1.807) is 12.1 Å². The van der Waals surface area contributed by atoms with E-state index in [0.29, 0.717) is 12.5 Å². The predicted octanol–water partition coefficient (Wildman–Crippen LogP) is 3.60. The lowest BCUT2D eigenvalue weighted by atomic mass is 9.83. The van der Waals surface area contributed by atoms with Crippen LogP contribution >= 0.6 is 0 Å². The number of H-pyrrole nitrogens is 1. The van der Waals surface area contributed by atoms with Crippen LogP contribution in [0.25, 0.3) is 10.9 Å². The number of hydrogen-bond donors (Lipinski definition) is 3. The van der Waals surface area contributed by atoms with E-state index in [-0.39, 0.29) is 17.1 Å². The van der Waals surface area contributed by atoms with E-state index in [4.69, 9.17) is 0 Å². The number of hydrogen-bond acceptors (Lipinski definition) is 2. The number of nitrogens with one attached hydrogen (secondary N) is 2. The van der Waals surface area contributed by atoms with Crippen LogP contribution in [0.3, 0.4) is 0 Å². The maximum absolute atomic E-state index is 12.3. The summed E-state index contributed by atoms with van der Waals surface area (Å²) in [5.74, 6) is 0.858. The van der Waals surface area contributed by atoms with Crippen molar-refractivity contribution >= 4 is 16.8 Å². The van der Waals surface area contributed by atoms with Crippen molar-refractivity contribution in [2.24, 2.45) is 11.3 Å². The number of phenols is 1. The van der Waals surface area contributed by atoms with Gasteiger partial charge in [0.05, 0.1) is 0 Å². The smallest absolute Gasteiger partial charge is 0.225 e. The molecule has 0 aliphatic rings. The minimum atomic E-state index is -0.341. The molecule has 1 aromatic carbocycles. The van der Waals surface area contributed by atoms with Crippen molar-refractivity contribution < 1.29 is 9.90 Å². The van der Waals surface area contributed by atoms with Crippen molar-refractivity contribution in [2.75, 3.05) is 6.54 Å². The highest BCUT2D eigenvalue weighted by atomic mass is 16.3. The summed E-state index contributed by atoms with van der Waals surface area (Å²) >= 11 is 0. The molecule has 0 saturated heterocycles. The molecule has 0 aliphatic heterocycles. The molecule has 0 unspecified atom stereocenters. The molecule has 0 aliphatic carbocycles. The van der Waals surface area contributed by atoms with Crippen LogP contribution in [-0.4, -0.2) is 22.5 Å². The fraction of sp³-hybridized carbons (Fsp3) is 0.500. The summed E-state index contributed by atoms with van der Waals surface area (Å²) in [6.07, 6.45) is 3.56. The van der Waals surface area contributed by atoms with Crippen LogP contribution in [-0.2, 0) is 11.2 Å². The highest BCUT2D eigenvalue weighted by molar-refractivity contribution is 5.85. The quantitative estimate of drug-likeness (QED) is 0.763. The molecule has 0 fully saturated rings. The van der Waals surface area contributed by atoms with Crippen LogP contribution in [0.2, 0.25) is 0 Å². The van der Waals surface area contributed by atoms with E-state index in [9.17, 15) is 9.90 Å². The van der Waals surface area contributed by atoms with Crippen molar-refractivity contribution in [1.82, 2.24) is 10.3 Å². The Bertz CT molecular complexity index is 656. The lowest BCUT2D eigenvalue weighted by molar-refractivity contribution is -0.130. The molecule has 0 atom stereocenters. The lowest BCUT2D eigenvalue weighted by Crippen LogP contribution is -2.38. The van der Waals surface area contributed by atoms with Crippen LogP contribution in [0.4, 0.5) is 0 Å². The van der Waals surface area contributed by atoms with E-state index in [1.807, 2.05) is 26.1 Å². The standard InChI is InChI=1S/C18H26N2O2/c1-12(2)10-18(3,4)17(22)19-8-7-13-11-20-16-6-5-14(21)9-15(13)16/h5-6,9,11-12,20-21H,7-8,10H2,1-4H3,(H,19,22).